The van der Waals surface area contributed by atoms with Gasteiger partial charge in [-0.3, -0.25) is 4.79 Å². The maximum absolute atomic E-state index is 12.5. The van der Waals surface area contributed by atoms with E-state index in [4.69, 9.17) is 10.00 Å². The summed E-state index contributed by atoms with van der Waals surface area (Å²) in [5.41, 5.74) is 1.39. The van der Waals surface area contributed by atoms with Crippen LogP contribution in [0.4, 0.5) is 5.69 Å². The monoisotopic (exact) mass is 261 g/mol. The lowest BCUT2D eigenvalue weighted by atomic mass is 10.1. The second kappa shape index (κ2) is 8.11. The third-order valence-corrected chi connectivity index (χ3v) is 2.77. The average Bonchev–Trinajstić information content (AvgIpc) is 2.46. The maximum Gasteiger partial charge on any atom is 0.256 e. The highest BCUT2D eigenvalue weighted by atomic mass is 16.5. The van der Waals surface area contributed by atoms with E-state index in [9.17, 15) is 4.79 Å². The summed E-state index contributed by atoms with van der Waals surface area (Å²) < 4.78 is 5.00. The van der Waals surface area contributed by atoms with Crippen LogP contribution in [0, 0.1) is 11.3 Å². The number of amides is 1. The number of hydrogen-bond acceptors (Lipinski definition) is 4. The second-order valence-corrected chi connectivity index (χ2v) is 3.99. The van der Waals surface area contributed by atoms with Crippen LogP contribution in [0.3, 0.4) is 0 Å². The smallest absolute Gasteiger partial charge is 0.256 e. The number of ether oxygens (including phenoxy) is 1. The fourth-order valence-corrected chi connectivity index (χ4v) is 1.76. The molecule has 0 unspecified atom stereocenters. The zero-order valence-corrected chi connectivity index (χ0v) is 11.3. The fraction of sp³-hybridized carbons (Fsp3) is 0.429. The highest BCUT2D eigenvalue weighted by molar-refractivity contribution is 5.99. The van der Waals surface area contributed by atoms with Crippen LogP contribution in [-0.4, -0.2) is 44.7 Å². The van der Waals surface area contributed by atoms with E-state index in [0.29, 0.717) is 31.7 Å². The molecule has 102 valence electrons. The maximum atomic E-state index is 12.5. The van der Waals surface area contributed by atoms with E-state index in [2.05, 4.69) is 11.4 Å². The largest absolute Gasteiger partial charge is 0.387 e. The SMILES string of the molecule is CNc1ccccc1C(=O)N(CCC#N)CCOC. The van der Waals surface area contributed by atoms with Crippen molar-refractivity contribution in [3.05, 3.63) is 29.8 Å². The number of carbonyl (C=O) groups excluding carboxylic acids is 1. The van der Waals surface area contributed by atoms with Gasteiger partial charge in [-0.1, -0.05) is 12.1 Å². The average molecular weight is 261 g/mol. The van der Waals surface area contributed by atoms with Gasteiger partial charge in [0.25, 0.3) is 5.91 Å². The van der Waals surface area contributed by atoms with E-state index >= 15 is 0 Å². The molecule has 0 spiro atoms. The highest BCUT2D eigenvalue weighted by Crippen LogP contribution is 2.16. The van der Waals surface area contributed by atoms with Crippen molar-refractivity contribution in [3.63, 3.8) is 0 Å². The quantitative estimate of drug-likeness (QED) is 0.811. The minimum absolute atomic E-state index is 0.0859. The van der Waals surface area contributed by atoms with Crippen LogP contribution in [0.1, 0.15) is 16.8 Å². The van der Waals surface area contributed by atoms with Gasteiger partial charge in [0.2, 0.25) is 0 Å². The molecular weight excluding hydrogens is 242 g/mol. The zero-order chi connectivity index (χ0) is 14.1. The van der Waals surface area contributed by atoms with Crippen LogP contribution in [0.15, 0.2) is 24.3 Å². The summed E-state index contributed by atoms with van der Waals surface area (Å²) in [5.74, 6) is -0.0859. The molecule has 0 aromatic heterocycles. The van der Waals surface area contributed by atoms with Gasteiger partial charge < -0.3 is 15.0 Å². The van der Waals surface area contributed by atoms with Gasteiger partial charge in [0.1, 0.15) is 0 Å². The summed E-state index contributed by atoms with van der Waals surface area (Å²) in [6.45, 7) is 1.35. The number of nitrogens with one attached hydrogen (secondary N) is 1. The van der Waals surface area contributed by atoms with Crippen LogP contribution in [0.2, 0.25) is 0 Å². The Morgan fingerprint density at radius 1 is 1.42 bits per heavy atom. The molecule has 0 radical (unpaired) electrons. The molecule has 0 fully saturated rings. The molecule has 1 aromatic carbocycles. The van der Waals surface area contributed by atoms with Crippen molar-refractivity contribution in [2.75, 3.05) is 39.2 Å². The minimum atomic E-state index is -0.0859. The minimum Gasteiger partial charge on any atom is -0.387 e. The van der Waals surface area contributed by atoms with Crippen LogP contribution >= 0.6 is 0 Å². The summed E-state index contributed by atoms with van der Waals surface area (Å²) in [7, 11) is 3.37. The molecule has 5 heteroatoms. The van der Waals surface area contributed by atoms with Gasteiger partial charge in [0, 0.05) is 32.9 Å². The van der Waals surface area contributed by atoms with Crippen molar-refractivity contribution >= 4 is 11.6 Å². The number of nitriles is 1. The Labute approximate surface area is 113 Å². The summed E-state index contributed by atoms with van der Waals surface area (Å²) in [4.78, 5) is 14.1. The third-order valence-electron chi connectivity index (χ3n) is 2.77. The Bertz CT molecular complexity index is 454. The van der Waals surface area contributed by atoms with Crippen molar-refractivity contribution < 1.29 is 9.53 Å². The van der Waals surface area contributed by atoms with Gasteiger partial charge in [-0.25, -0.2) is 0 Å². The molecule has 0 saturated heterocycles. The number of carbonyl (C=O) groups is 1. The van der Waals surface area contributed by atoms with Crippen molar-refractivity contribution in [1.82, 2.24) is 4.90 Å². The van der Waals surface area contributed by atoms with E-state index in [1.54, 1.807) is 25.1 Å². The van der Waals surface area contributed by atoms with E-state index in [0.717, 1.165) is 5.69 Å². The first-order valence-corrected chi connectivity index (χ1v) is 6.16. The van der Waals surface area contributed by atoms with E-state index in [1.165, 1.54) is 0 Å². The lowest BCUT2D eigenvalue weighted by molar-refractivity contribution is 0.0701. The molecule has 0 bridgehead atoms. The number of anilines is 1. The van der Waals surface area contributed by atoms with Crippen molar-refractivity contribution in [2.45, 2.75) is 6.42 Å². The normalized spacial score (nSPS) is 9.74. The summed E-state index contributed by atoms with van der Waals surface area (Å²) in [6, 6.07) is 9.39. The summed E-state index contributed by atoms with van der Waals surface area (Å²) >= 11 is 0. The van der Waals surface area contributed by atoms with Gasteiger partial charge in [0.05, 0.1) is 24.7 Å². The van der Waals surface area contributed by atoms with E-state index in [1.807, 2.05) is 18.2 Å². The zero-order valence-electron chi connectivity index (χ0n) is 11.3. The Kier molecular flexibility index (Phi) is 6.41. The Morgan fingerprint density at radius 2 is 2.16 bits per heavy atom. The Balaban J connectivity index is 2.88. The molecule has 0 atom stereocenters. The molecule has 1 aromatic rings. The third kappa shape index (κ3) is 4.27. The first-order valence-electron chi connectivity index (χ1n) is 6.16. The molecule has 1 N–H and O–H groups in total. The lowest BCUT2D eigenvalue weighted by Gasteiger charge is -2.22. The Hall–Kier alpha value is -2.06. The van der Waals surface area contributed by atoms with Crippen LogP contribution in [0.25, 0.3) is 0 Å². The van der Waals surface area contributed by atoms with E-state index < -0.39 is 0 Å². The number of methoxy groups -OCH3 is 1. The predicted molar refractivity (Wildman–Crippen MR) is 74.0 cm³/mol. The molecule has 5 nitrogen and oxygen atoms in total. The van der Waals surface area contributed by atoms with Crippen LogP contribution < -0.4 is 5.32 Å². The molecule has 1 rings (SSSR count). The number of hydrogen-bond donors (Lipinski definition) is 1. The fourth-order valence-electron chi connectivity index (χ4n) is 1.76. The van der Waals surface area contributed by atoms with Crippen LogP contribution in [-0.2, 0) is 4.74 Å². The number of para-hydroxylation sites is 1. The van der Waals surface area contributed by atoms with Crippen LogP contribution in [0.5, 0.6) is 0 Å². The molecule has 1 amide bonds. The molecule has 0 aliphatic carbocycles. The number of nitrogens with zero attached hydrogens (tertiary/aromatic N) is 2. The summed E-state index contributed by atoms with van der Waals surface area (Å²) in [6.07, 6.45) is 0.317. The molecule has 0 aliphatic rings. The standard InChI is InChI=1S/C14H19N3O2/c1-16-13-7-4-3-6-12(13)14(18)17(9-5-8-15)10-11-19-2/h3-4,6-7,16H,5,9-11H2,1-2H3. The summed E-state index contributed by atoms with van der Waals surface area (Å²) in [5, 5.41) is 11.7. The molecule has 19 heavy (non-hydrogen) atoms. The van der Waals surface area contributed by atoms with Gasteiger partial charge >= 0.3 is 0 Å². The highest BCUT2D eigenvalue weighted by Gasteiger charge is 2.17. The van der Waals surface area contributed by atoms with Gasteiger partial charge in [-0.2, -0.15) is 5.26 Å². The first kappa shape index (κ1) is 15.0. The van der Waals surface area contributed by atoms with Gasteiger partial charge in [-0.15, -0.1) is 0 Å². The van der Waals surface area contributed by atoms with E-state index in [-0.39, 0.29) is 5.91 Å². The van der Waals surface area contributed by atoms with Crippen molar-refractivity contribution in [1.29, 1.82) is 5.26 Å². The molecule has 0 heterocycles. The molecule has 0 aliphatic heterocycles. The number of benzene rings is 1. The number of rotatable bonds is 7. The van der Waals surface area contributed by atoms with Crippen molar-refractivity contribution in [3.8, 4) is 6.07 Å². The Morgan fingerprint density at radius 3 is 2.79 bits per heavy atom. The van der Waals surface area contributed by atoms with Crippen molar-refractivity contribution in [2.24, 2.45) is 0 Å². The first-order chi connectivity index (χ1) is 9.24. The van der Waals surface area contributed by atoms with Gasteiger partial charge in [-0.05, 0) is 12.1 Å². The molecule has 0 saturated carbocycles. The predicted octanol–water partition coefficient (Wildman–Crippen LogP) is 1.73. The molecular formula is C14H19N3O2. The van der Waals surface area contributed by atoms with Gasteiger partial charge in [0.15, 0.2) is 0 Å². The topological polar surface area (TPSA) is 65.4 Å². The second-order valence-electron chi connectivity index (χ2n) is 3.99. The lowest BCUT2D eigenvalue weighted by Crippen LogP contribution is -2.35.